The summed E-state index contributed by atoms with van der Waals surface area (Å²) in [4.78, 5) is 20.4. The van der Waals surface area contributed by atoms with E-state index in [2.05, 4.69) is 0 Å². The molecule has 76 valence electrons. The zero-order valence-corrected chi connectivity index (χ0v) is 7.14. The summed E-state index contributed by atoms with van der Waals surface area (Å²) < 4.78 is 0. The molecule has 0 aliphatic heterocycles. The third-order valence-electron chi connectivity index (χ3n) is 1.60. The molecule has 0 aliphatic rings. The highest BCUT2D eigenvalue weighted by Gasteiger charge is 2.16. The minimum atomic E-state index is -1.12. The van der Waals surface area contributed by atoms with Crippen LogP contribution in [-0.4, -0.2) is 34.2 Å². The molecule has 2 unspecified atom stereocenters. The Morgan fingerprint density at radius 1 is 1.23 bits per heavy atom. The van der Waals surface area contributed by atoms with E-state index in [-0.39, 0.29) is 19.3 Å². The van der Waals surface area contributed by atoms with Crippen LogP contribution in [0.4, 0.5) is 0 Å². The summed E-state index contributed by atoms with van der Waals surface area (Å²) in [5.41, 5.74) is 10.7. The molecule has 0 rings (SSSR count). The second-order valence-electron chi connectivity index (χ2n) is 2.87. The first-order chi connectivity index (χ1) is 5.93. The Labute approximate surface area is 75.5 Å². The second-order valence-corrected chi connectivity index (χ2v) is 2.87. The number of hydrogen-bond donors (Lipinski definition) is 4. The summed E-state index contributed by atoms with van der Waals surface area (Å²) in [6.45, 7) is 0. The van der Waals surface area contributed by atoms with Gasteiger partial charge in [-0.05, 0) is 12.8 Å². The van der Waals surface area contributed by atoms with Crippen LogP contribution in [-0.2, 0) is 9.59 Å². The number of rotatable bonds is 6. The normalized spacial score (nSPS) is 14.9. The summed E-state index contributed by atoms with van der Waals surface area (Å²) in [5.74, 6) is -2.06. The zero-order chi connectivity index (χ0) is 10.4. The van der Waals surface area contributed by atoms with Crippen molar-refractivity contribution in [1.29, 1.82) is 0 Å². The van der Waals surface area contributed by atoms with E-state index in [1.165, 1.54) is 0 Å². The van der Waals surface area contributed by atoms with E-state index in [0.717, 1.165) is 0 Å². The van der Waals surface area contributed by atoms with Crippen LogP contribution in [0.3, 0.4) is 0 Å². The average molecular weight is 190 g/mol. The predicted octanol–water partition coefficient (Wildman–Crippen LogP) is -1.02. The van der Waals surface area contributed by atoms with Gasteiger partial charge in [-0.15, -0.1) is 0 Å². The standard InChI is InChI=1S/C7H14N2O4/c8-4(1-2-6(10)11)3-5(9)7(12)13/h4-5H,1-3,8-9H2,(H,10,11)(H,12,13). The SMILES string of the molecule is NC(CCC(=O)O)CC(N)C(=O)O. The lowest BCUT2D eigenvalue weighted by atomic mass is 10.0. The van der Waals surface area contributed by atoms with Gasteiger partial charge in [0.2, 0.25) is 0 Å². The van der Waals surface area contributed by atoms with Crippen molar-refractivity contribution in [2.24, 2.45) is 11.5 Å². The molecule has 6 N–H and O–H groups in total. The molecule has 0 aromatic carbocycles. The van der Waals surface area contributed by atoms with Gasteiger partial charge in [-0.2, -0.15) is 0 Å². The van der Waals surface area contributed by atoms with Gasteiger partial charge in [-0.3, -0.25) is 9.59 Å². The summed E-state index contributed by atoms with van der Waals surface area (Å²) in [7, 11) is 0. The number of aliphatic carboxylic acids is 2. The van der Waals surface area contributed by atoms with Crippen molar-refractivity contribution in [3.8, 4) is 0 Å². The maximum absolute atomic E-state index is 10.3. The highest BCUT2D eigenvalue weighted by Crippen LogP contribution is 2.01. The smallest absolute Gasteiger partial charge is 0.320 e. The highest BCUT2D eigenvalue weighted by atomic mass is 16.4. The van der Waals surface area contributed by atoms with Crippen LogP contribution in [0.5, 0.6) is 0 Å². The molecule has 0 aromatic heterocycles. The van der Waals surface area contributed by atoms with E-state index in [1.54, 1.807) is 0 Å². The van der Waals surface area contributed by atoms with E-state index >= 15 is 0 Å². The van der Waals surface area contributed by atoms with Gasteiger partial charge in [-0.1, -0.05) is 0 Å². The first-order valence-corrected chi connectivity index (χ1v) is 3.89. The third kappa shape index (κ3) is 6.06. The van der Waals surface area contributed by atoms with Gasteiger partial charge < -0.3 is 21.7 Å². The van der Waals surface area contributed by atoms with Gasteiger partial charge in [0.05, 0.1) is 0 Å². The predicted molar refractivity (Wildman–Crippen MR) is 45.1 cm³/mol. The molecule has 0 fully saturated rings. The average Bonchev–Trinajstić information content (AvgIpc) is 2.00. The molecule has 0 radical (unpaired) electrons. The topological polar surface area (TPSA) is 127 Å². The van der Waals surface area contributed by atoms with Crippen LogP contribution in [0.2, 0.25) is 0 Å². The largest absolute Gasteiger partial charge is 0.481 e. The summed E-state index contributed by atoms with van der Waals surface area (Å²) >= 11 is 0. The minimum absolute atomic E-state index is 0.0620. The van der Waals surface area contributed by atoms with Crippen LogP contribution in [0.15, 0.2) is 0 Å². The Morgan fingerprint density at radius 2 is 1.77 bits per heavy atom. The lowest BCUT2D eigenvalue weighted by Gasteiger charge is -2.12. The number of carboxylic acids is 2. The molecule has 2 atom stereocenters. The van der Waals surface area contributed by atoms with Crippen molar-refractivity contribution in [3.63, 3.8) is 0 Å². The number of hydrogen-bond acceptors (Lipinski definition) is 4. The van der Waals surface area contributed by atoms with Gasteiger partial charge in [0.25, 0.3) is 0 Å². The van der Waals surface area contributed by atoms with E-state index in [0.29, 0.717) is 0 Å². The van der Waals surface area contributed by atoms with Crippen molar-refractivity contribution in [1.82, 2.24) is 0 Å². The Hall–Kier alpha value is -1.14. The molecule has 0 spiro atoms. The number of carboxylic acid groups (broad SMARTS) is 2. The number of nitrogens with two attached hydrogens (primary N) is 2. The Kier molecular flexibility index (Phi) is 5.01. The minimum Gasteiger partial charge on any atom is -0.481 e. The lowest BCUT2D eigenvalue weighted by Crippen LogP contribution is -2.37. The van der Waals surface area contributed by atoms with Gasteiger partial charge >= 0.3 is 11.9 Å². The molecule has 0 saturated heterocycles. The van der Waals surface area contributed by atoms with Gasteiger partial charge in [0, 0.05) is 12.5 Å². The molecule has 13 heavy (non-hydrogen) atoms. The molecule has 0 bridgehead atoms. The quantitative estimate of drug-likeness (QED) is 0.424. The van der Waals surface area contributed by atoms with Gasteiger partial charge in [0.1, 0.15) is 6.04 Å². The fraction of sp³-hybridized carbons (Fsp3) is 0.714. The zero-order valence-electron chi connectivity index (χ0n) is 7.14. The molecule has 0 saturated carbocycles. The van der Waals surface area contributed by atoms with E-state index in [1.807, 2.05) is 0 Å². The van der Waals surface area contributed by atoms with E-state index < -0.39 is 24.0 Å². The van der Waals surface area contributed by atoms with Crippen LogP contribution in [0.25, 0.3) is 0 Å². The summed E-state index contributed by atoms with van der Waals surface area (Å²) in [6.07, 6.45) is 0.284. The molecular weight excluding hydrogens is 176 g/mol. The monoisotopic (exact) mass is 190 g/mol. The lowest BCUT2D eigenvalue weighted by molar-refractivity contribution is -0.138. The van der Waals surface area contributed by atoms with Crippen LogP contribution in [0.1, 0.15) is 19.3 Å². The fourth-order valence-electron chi connectivity index (χ4n) is 0.854. The maximum atomic E-state index is 10.3. The molecule has 6 heteroatoms. The molecule has 6 nitrogen and oxygen atoms in total. The highest BCUT2D eigenvalue weighted by molar-refractivity contribution is 5.73. The van der Waals surface area contributed by atoms with Crippen LogP contribution >= 0.6 is 0 Å². The number of carbonyl (C=O) groups is 2. The maximum Gasteiger partial charge on any atom is 0.320 e. The van der Waals surface area contributed by atoms with Gasteiger partial charge in [-0.25, -0.2) is 0 Å². The first kappa shape index (κ1) is 11.9. The molecule has 0 aromatic rings. The Bertz CT molecular complexity index is 195. The van der Waals surface area contributed by atoms with Crippen molar-refractivity contribution in [2.45, 2.75) is 31.3 Å². The Morgan fingerprint density at radius 3 is 2.15 bits per heavy atom. The second kappa shape index (κ2) is 5.50. The Balaban J connectivity index is 3.67. The van der Waals surface area contributed by atoms with Crippen LogP contribution in [0, 0.1) is 0 Å². The summed E-state index contributed by atoms with van der Waals surface area (Å²) in [5, 5.41) is 16.7. The van der Waals surface area contributed by atoms with Crippen LogP contribution < -0.4 is 11.5 Å². The molecule has 0 amide bonds. The summed E-state index contributed by atoms with van der Waals surface area (Å²) in [6, 6.07) is -1.48. The molecule has 0 heterocycles. The van der Waals surface area contributed by atoms with Crippen molar-refractivity contribution >= 4 is 11.9 Å². The van der Waals surface area contributed by atoms with Crippen molar-refractivity contribution < 1.29 is 19.8 Å². The first-order valence-electron chi connectivity index (χ1n) is 3.89. The van der Waals surface area contributed by atoms with Crippen molar-refractivity contribution in [2.75, 3.05) is 0 Å². The van der Waals surface area contributed by atoms with Gasteiger partial charge in [0.15, 0.2) is 0 Å². The third-order valence-corrected chi connectivity index (χ3v) is 1.60. The van der Waals surface area contributed by atoms with Crippen molar-refractivity contribution in [3.05, 3.63) is 0 Å². The van der Waals surface area contributed by atoms with E-state index in [9.17, 15) is 9.59 Å². The molecular formula is C7H14N2O4. The molecule has 0 aliphatic carbocycles. The fourth-order valence-corrected chi connectivity index (χ4v) is 0.854. The van der Waals surface area contributed by atoms with E-state index in [4.69, 9.17) is 21.7 Å².